The minimum absolute atomic E-state index is 0.170. The van der Waals surface area contributed by atoms with Crippen molar-refractivity contribution < 1.29 is 9.63 Å². The number of aromatic nitrogens is 1. The number of nitrogens with zero attached hydrogens (tertiary/aromatic N) is 1. The van der Waals surface area contributed by atoms with Crippen LogP contribution in [0.5, 0.6) is 5.75 Å². The molecular weight excluding hydrogens is 230 g/mol. The number of benzene rings is 1. The van der Waals surface area contributed by atoms with Crippen LogP contribution >= 0.6 is 0 Å². The Balaban J connectivity index is 2.12. The van der Waals surface area contributed by atoms with Crippen LogP contribution in [0.25, 0.3) is 0 Å². The van der Waals surface area contributed by atoms with Crippen molar-refractivity contribution >= 4 is 11.6 Å². The number of hydrogen-bond donors (Lipinski definition) is 2. The van der Waals surface area contributed by atoms with E-state index in [1.54, 1.807) is 49.8 Å². The average molecular weight is 243 g/mol. The first-order chi connectivity index (χ1) is 8.81. The molecule has 0 bridgehead atoms. The van der Waals surface area contributed by atoms with Crippen molar-refractivity contribution in [2.45, 2.75) is 0 Å². The lowest BCUT2D eigenvalue weighted by Gasteiger charge is -2.11. The van der Waals surface area contributed by atoms with Crippen molar-refractivity contribution in [3.05, 3.63) is 54.4 Å². The topological polar surface area (TPSA) is 63.2 Å². The smallest absolute Gasteiger partial charge is 0.253 e. The van der Waals surface area contributed by atoms with Crippen molar-refractivity contribution in [1.82, 2.24) is 10.3 Å². The second kappa shape index (κ2) is 5.67. The van der Waals surface area contributed by atoms with Gasteiger partial charge >= 0.3 is 0 Å². The van der Waals surface area contributed by atoms with E-state index in [-0.39, 0.29) is 5.91 Å². The highest BCUT2D eigenvalue weighted by molar-refractivity contribution is 5.99. The fraction of sp³-hybridized carbons (Fsp3) is 0.0769. The quantitative estimate of drug-likeness (QED) is 0.804. The number of para-hydroxylation sites is 1. The van der Waals surface area contributed by atoms with Crippen molar-refractivity contribution in [2.75, 3.05) is 12.5 Å². The maximum absolute atomic E-state index is 11.6. The highest BCUT2D eigenvalue weighted by atomic mass is 16.6. The Labute approximate surface area is 105 Å². The summed E-state index contributed by atoms with van der Waals surface area (Å²) in [6.45, 7) is 0. The van der Waals surface area contributed by atoms with E-state index in [1.165, 1.54) is 0 Å². The summed E-state index contributed by atoms with van der Waals surface area (Å²) in [5.74, 6) is 0.452. The number of hydrogen-bond acceptors (Lipinski definition) is 4. The number of nitrogens with one attached hydrogen (secondary N) is 2. The number of pyridine rings is 1. The van der Waals surface area contributed by atoms with Gasteiger partial charge in [0.25, 0.3) is 5.91 Å². The molecule has 2 rings (SSSR count). The van der Waals surface area contributed by atoms with Gasteiger partial charge in [0.15, 0.2) is 5.75 Å². The van der Waals surface area contributed by atoms with Gasteiger partial charge in [-0.05, 0) is 12.1 Å². The summed E-state index contributed by atoms with van der Waals surface area (Å²) in [4.78, 5) is 20.9. The molecule has 5 nitrogen and oxygen atoms in total. The molecule has 18 heavy (non-hydrogen) atoms. The summed E-state index contributed by atoms with van der Waals surface area (Å²) in [6, 6.07) is 10.5. The fourth-order valence-corrected chi connectivity index (χ4v) is 1.42. The fourth-order valence-electron chi connectivity index (χ4n) is 1.42. The van der Waals surface area contributed by atoms with E-state index < -0.39 is 0 Å². The first kappa shape index (κ1) is 11.9. The van der Waals surface area contributed by atoms with Gasteiger partial charge in [-0.1, -0.05) is 12.1 Å². The Morgan fingerprint density at radius 1 is 1.17 bits per heavy atom. The van der Waals surface area contributed by atoms with Crippen LogP contribution in [0.4, 0.5) is 5.69 Å². The largest absolute Gasteiger partial charge is 0.382 e. The second-order valence-corrected chi connectivity index (χ2v) is 3.51. The Morgan fingerprint density at radius 2 is 1.89 bits per heavy atom. The van der Waals surface area contributed by atoms with E-state index in [9.17, 15) is 4.79 Å². The zero-order chi connectivity index (χ0) is 12.8. The van der Waals surface area contributed by atoms with Gasteiger partial charge in [-0.3, -0.25) is 9.78 Å². The maximum Gasteiger partial charge on any atom is 0.253 e. The van der Waals surface area contributed by atoms with Crippen molar-refractivity contribution in [3.63, 3.8) is 0 Å². The molecule has 2 aromatic rings. The number of anilines is 1. The van der Waals surface area contributed by atoms with E-state index in [4.69, 9.17) is 4.84 Å². The first-order valence-corrected chi connectivity index (χ1v) is 5.45. The Bertz CT molecular complexity index is 529. The zero-order valence-electron chi connectivity index (χ0n) is 9.88. The molecular formula is C13H13N3O2. The average Bonchev–Trinajstić information content (AvgIpc) is 2.45. The van der Waals surface area contributed by atoms with Gasteiger partial charge in [-0.2, -0.15) is 0 Å². The lowest BCUT2D eigenvalue weighted by atomic mass is 10.2. The zero-order valence-corrected chi connectivity index (χ0v) is 9.88. The van der Waals surface area contributed by atoms with E-state index in [0.29, 0.717) is 17.0 Å². The predicted octanol–water partition coefficient (Wildman–Crippen LogP) is 1.85. The van der Waals surface area contributed by atoms with Crippen LogP contribution in [0.15, 0.2) is 48.8 Å². The van der Waals surface area contributed by atoms with Crippen LogP contribution in [0, 0.1) is 0 Å². The molecule has 0 aliphatic heterocycles. The first-order valence-electron chi connectivity index (χ1n) is 5.45. The van der Waals surface area contributed by atoms with Gasteiger partial charge in [0.2, 0.25) is 0 Å². The molecule has 1 aromatic carbocycles. The number of amides is 1. The van der Waals surface area contributed by atoms with Gasteiger partial charge in [-0.25, -0.2) is 5.48 Å². The molecule has 5 heteroatoms. The summed E-state index contributed by atoms with van der Waals surface area (Å²) >= 11 is 0. The molecule has 0 saturated heterocycles. The van der Waals surface area contributed by atoms with Gasteiger partial charge in [0.05, 0.1) is 11.3 Å². The van der Waals surface area contributed by atoms with E-state index in [2.05, 4.69) is 15.8 Å². The van der Waals surface area contributed by atoms with Crippen LogP contribution in [0.2, 0.25) is 0 Å². The number of carbonyl (C=O) groups excluding carboxylic acids is 1. The normalized spacial score (nSPS) is 9.61. The Morgan fingerprint density at radius 3 is 2.61 bits per heavy atom. The highest BCUT2D eigenvalue weighted by Gasteiger charge is 2.08. The molecule has 1 amide bonds. The third-order valence-electron chi connectivity index (χ3n) is 2.33. The van der Waals surface area contributed by atoms with Crippen LogP contribution in [0.1, 0.15) is 10.4 Å². The van der Waals surface area contributed by atoms with E-state index in [1.807, 2.05) is 6.07 Å². The van der Waals surface area contributed by atoms with Gasteiger partial charge in [0.1, 0.15) is 0 Å². The molecule has 0 fully saturated rings. The molecule has 0 radical (unpaired) electrons. The van der Waals surface area contributed by atoms with Crippen molar-refractivity contribution in [3.8, 4) is 5.75 Å². The summed E-state index contributed by atoms with van der Waals surface area (Å²) in [6.07, 6.45) is 3.25. The van der Waals surface area contributed by atoms with Crippen molar-refractivity contribution in [2.24, 2.45) is 0 Å². The maximum atomic E-state index is 11.6. The standard InChI is InChI=1S/C13H13N3O2/c1-14-13(17)11-4-2-3-5-12(11)16-18-10-6-8-15-9-7-10/h2-9,16H,1H3,(H,14,17). The van der Waals surface area contributed by atoms with Gasteiger partial charge in [0, 0.05) is 31.6 Å². The molecule has 0 unspecified atom stereocenters. The summed E-state index contributed by atoms with van der Waals surface area (Å²) < 4.78 is 0. The SMILES string of the molecule is CNC(=O)c1ccccc1NOc1ccncc1. The van der Waals surface area contributed by atoms with E-state index in [0.717, 1.165) is 0 Å². The van der Waals surface area contributed by atoms with Gasteiger partial charge < -0.3 is 10.2 Å². The highest BCUT2D eigenvalue weighted by Crippen LogP contribution is 2.16. The van der Waals surface area contributed by atoms with Crippen molar-refractivity contribution in [1.29, 1.82) is 0 Å². The Kier molecular flexibility index (Phi) is 3.76. The molecule has 0 saturated carbocycles. The third-order valence-corrected chi connectivity index (χ3v) is 2.33. The Hall–Kier alpha value is -2.56. The number of rotatable bonds is 4. The minimum Gasteiger partial charge on any atom is -0.382 e. The molecule has 1 heterocycles. The molecule has 92 valence electrons. The number of carbonyl (C=O) groups is 1. The lowest BCUT2D eigenvalue weighted by Crippen LogP contribution is -2.20. The van der Waals surface area contributed by atoms with Gasteiger partial charge in [-0.15, -0.1) is 0 Å². The molecule has 0 spiro atoms. The molecule has 0 aliphatic rings. The summed E-state index contributed by atoms with van der Waals surface area (Å²) in [7, 11) is 1.59. The van der Waals surface area contributed by atoms with Crippen LogP contribution < -0.4 is 15.6 Å². The third kappa shape index (κ3) is 2.76. The van der Waals surface area contributed by atoms with E-state index >= 15 is 0 Å². The molecule has 0 aliphatic carbocycles. The predicted molar refractivity (Wildman–Crippen MR) is 68.3 cm³/mol. The van der Waals surface area contributed by atoms with Crippen LogP contribution in [-0.2, 0) is 0 Å². The summed E-state index contributed by atoms with van der Waals surface area (Å²) in [5.41, 5.74) is 3.88. The lowest BCUT2D eigenvalue weighted by molar-refractivity contribution is 0.0963. The van der Waals surface area contributed by atoms with Crippen LogP contribution in [0.3, 0.4) is 0 Å². The second-order valence-electron chi connectivity index (χ2n) is 3.51. The monoisotopic (exact) mass is 243 g/mol. The van der Waals surface area contributed by atoms with Crippen LogP contribution in [-0.4, -0.2) is 17.9 Å². The summed E-state index contributed by atoms with van der Waals surface area (Å²) in [5, 5.41) is 2.58. The molecule has 1 aromatic heterocycles. The molecule has 2 N–H and O–H groups in total. The molecule has 0 atom stereocenters. The minimum atomic E-state index is -0.170.